The summed E-state index contributed by atoms with van der Waals surface area (Å²) >= 11 is 0. The van der Waals surface area contributed by atoms with Gasteiger partial charge in [-0.25, -0.2) is 9.49 Å². The van der Waals surface area contributed by atoms with Gasteiger partial charge in [0, 0.05) is 5.39 Å². The Morgan fingerprint density at radius 2 is 1.72 bits per heavy atom. The van der Waals surface area contributed by atoms with Crippen LogP contribution in [0.3, 0.4) is 0 Å². The molecule has 8 heteroatoms. The number of carbonyl (C=O) groups is 2. The highest BCUT2D eigenvalue weighted by molar-refractivity contribution is 6.05. The summed E-state index contributed by atoms with van der Waals surface area (Å²) in [6.45, 7) is 0. The number of hydrogen-bond acceptors (Lipinski definition) is 4. The highest BCUT2D eigenvalue weighted by atomic mass is 19.1. The number of hydrogen-bond donors (Lipinski definition) is 3. The molecule has 0 radical (unpaired) electrons. The van der Waals surface area contributed by atoms with Crippen molar-refractivity contribution in [2.75, 3.05) is 0 Å². The highest BCUT2D eigenvalue weighted by Gasteiger charge is 2.43. The van der Waals surface area contributed by atoms with Crippen LogP contribution in [0.25, 0.3) is 10.8 Å². The van der Waals surface area contributed by atoms with Gasteiger partial charge in [-0.15, -0.1) is 0 Å². The number of hydrazine groups is 1. The number of benzene rings is 2. The van der Waals surface area contributed by atoms with Gasteiger partial charge in [0.25, 0.3) is 11.5 Å². The number of amides is 2. The van der Waals surface area contributed by atoms with Crippen molar-refractivity contribution < 1.29 is 14.0 Å². The zero-order chi connectivity index (χ0) is 20.4. The number of aromatic amines is 1. The van der Waals surface area contributed by atoms with Crippen LogP contribution in [0.15, 0.2) is 53.3 Å². The van der Waals surface area contributed by atoms with E-state index in [4.69, 9.17) is 0 Å². The van der Waals surface area contributed by atoms with Gasteiger partial charge in [-0.2, -0.15) is 5.10 Å². The molecule has 1 fully saturated rings. The maximum absolute atomic E-state index is 13.7. The second-order valence-corrected chi connectivity index (χ2v) is 7.15. The van der Waals surface area contributed by atoms with E-state index in [1.165, 1.54) is 12.1 Å². The minimum absolute atomic E-state index is 0.00766. The van der Waals surface area contributed by atoms with Crippen LogP contribution in [0.4, 0.5) is 4.39 Å². The average Bonchev–Trinajstić information content (AvgIpc) is 3.23. The third-order valence-electron chi connectivity index (χ3n) is 5.47. The Balaban J connectivity index is 1.57. The Bertz CT molecular complexity index is 1150. The molecule has 1 heterocycles. The third-order valence-corrected chi connectivity index (χ3v) is 5.47. The minimum Gasteiger partial charge on any atom is -0.272 e. The van der Waals surface area contributed by atoms with Crippen molar-refractivity contribution in [2.45, 2.75) is 31.1 Å². The molecule has 7 nitrogen and oxygen atoms in total. The summed E-state index contributed by atoms with van der Waals surface area (Å²) in [4.78, 5) is 37.5. The van der Waals surface area contributed by atoms with E-state index in [9.17, 15) is 18.8 Å². The van der Waals surface area contributed by atoms with Crippen molar-refractivity contribution in [1.82, 2.24) is 21.0 Å². The van der Waals surface area contributed by atoms with Crippen molar-refractivity contribution in [3.8, 4) is 0 Å². The first-order chi connectivity index (χ1) is 14.0. The zero-order valence-corrected chi connectivity index (χ0v) is 15.5. The van der Waals surface area contributed by atoms with Crippen LogP contribution in [0.5, 0.6) is 0 Å². The van der Waals surface area contributed by atoms with Gasteiger partial charge in [-0.05, 0) is 36.6 Å². The maximum atomic E-state index is 13.7. The lowest BCUT2D eigenvalue weighted by molar-refractivity contribution is -0.127. The molecule has 0 spiro atoms. The summed E-state index contributed by atoms with van der Waals surface area (Å²) in [5, 5.41) is 6.81. The monoisotopic (exact) mass is 394 g/mol. The van der Waals surface area contributed by atoms with Gasteiger partial charge >= 0.3 is 0 Å². The molecule has 1 aliphatic carbocycles. The molecule has 148 valence electrons. The molecular weight excluding hydrogens is 375 g/mol. The van der Waals surface area contributed by atoms with Crippen LogP contribution in [-0.4, -0.2) is 22.0 Å². The Labute approximate surface area is 165 Å². The number of halogens is 1. The molecule has 29 heavy (non-hydrogen) atoms. The number of H-pyrrole nitrogens is 1. The van der Waals surface area contributed by atoms with Gasteiger partial charge in [0.05, 0.1) is 10.8 Å². The van der Waals surface area contributed by atoms with Crippen molar-refractivity contribution in [3.05, 3.63) is 76.0 Å². The molecular formula is C21H19FN4O3. The lowest BCUT2D eigenvalue weighted by atomic mass is 9.78. The maximum Gasteiger partial charge on any atom is 0.290 e. The smallest absolute Gasteiger partial charge is 0.272 e. The fraction of sp³-hybridized carbons (Fsp3) is 0.238. The van der Waals surface area contributed by atoms with Crippen LogP contribution in [0.2, 0.25) is 0 Å². The van der Waals surface area contributed by atoms with Gasteiger partial charge in [0.15, 0.2) is 5.69 Å². The van der Waals surface area contributed by atoms with E-state index < -0.39 is 28.6 Å². The lowest BCUT2D eigenvalue weighted by Gasteiger charge is -2.28. The van der Waals surface area contributed by atoms with Crippen LogP contribution in [0.1, 0.15) is 41.7 Å². The number of carbonyl (C=O) groups excluding carboxylic acids is 2. The first kappa shape index (κ1) is 18.8. The average molecular weight is 394 g/mol. The summed E-state index contributed by atoms with van der Waals surface area (Å²) in [5.41, 5.74) is 4.13. The van der Waals surface area contributed by atoms with E-state index in [1.807, 2.05) is 0 Å². The highest BCUT2D eigenvalue weighted by Crippen LogP contribution is 2.41. The number of rotatable bonds is 3. The summed E-state index contributed by atoms with van der Waals surface area (Å²) in [7, 11) is 0. The van der Waals surface area contributed by atoms with E-state index in [1.54, 1.807) is 36.4 Å². The quantitative estimate of drug-likeness (QED) is 0.593. The normalized spacial score (nSPS) is 15.2. The second-order valence-electron chi connectivity index (χ2n) is 7.15. The molecule has 0 unspecified atom stereocenters. The minimum atomic E-state index is -0.893. The van der Waals surface area contributed by atoms with Gasteiger partial charge in [-0.3, -0.25) is 25.2 Å². The van der Waals surface area contributed by atoms with E-state index in [0.717, 1.165) is 12.8 Å². The van der Waals surface area contributed by atoms with Crippen molar-refractivity contribution in [3.63, 3.8) is 0 Å². The number of aromatic nitrogens is 2. The fourth-order valence-corrected chi connectivity index (χ4v) is 3.99. The number of nitrogens with zero attached hydrogens (tertiary/aromatic N) is 1. The van der Waals surface area contributed by atoms with Gasteiger partial charge in [0.1, 0.15) is 5.82 Å². The Hall–Kier alpha value is -3.55. The predicted octanol–water partition coefficient (Wildman–Crippen LogP) is 2.34. The molecule has 4 rings (SSSR count). The van der Waals surface area contributed by atoms with E-state index in [-0.39, 0.29) is 5.69 Å². The van der Waals surface area contributed by atoms with E-state index in [2.05, 4.69) is 21.0 Å². The molecule has 0 bridgehead atoms. The predicted molar refractivity (Wildman–Crippen MR) is 105 cm³/mol. The molecule has 0 saturated heterocycles. The molecule has 2 aromatic carbocycles. The Morgan fingerprint density at radius 3 is 2.45 bits per heavy atom. The van der Waals surface area contributed by atoms with Crippen LogP contribution >= 0.6 is 0 Å². The third kappa shape index (κ3) is 3.37. The zero-order valence-electron chi connectivity index (χ0n) is 15.5. The van der Waals surface area contributed by atoms with E-state index >= 15 is 0 Å². The summed E-state index contributed by atoms with van der Waals surface area (Å²) in [6, 6.07) is 12.6. The Morgan fingerprint density at radius 1 is 1.00 bits per heavy atom. The standard InChI is InChI=1S/C21H19FN4O3/c22-14-7-5-6-13(12-14)21(10-3-4-11-21)20(29)26-25-19(28)17-15-8-1-2-9-16(15)18(27)24-23-17/h1-2,5-9,12H,3-4,10-11H2,(H,24,27)(H,25,28)(H,26,29). The summed E-state index contributed by atoms with van der Waals surface area (Å²) < 4.78 is 13.7. The first-order valence-electron chi connectivity index (χ1n) is 9.35. The molecule has 0 atom stereocenters. The SMILES string of the molecule is O=C(NNC(=O)C1(c2cccc(F)c2)CCCC1)c1n[nH]c(=O)c2ccccc12. The van der Waals surface area contributed by atoms with Crippen molar-refractivity contribution >= 4 is 22.6 Å². The van der Waals surface area contributed by atoms with Gasteiger partial charge in [0.2, 0.25) is 5.91 Å². The second kappa shape index (κ2) is 7.46. The van der Waals surface area contributed by atoms with Crippen molar-refractivity contribution in [2.24, 2.45) is 0 Å². The van der Waals surface area contributed by atoms with Gasteiger partial charge < -0.3 is 0 Å². The largest absolute Gasteiger partial charge is 0.290 e. The van der Waals surface area contributed by atoms with E-state index in [0.29, 0.717) is 29.2 Å². The topological polar surface area (TPSA) is 104 Å². The summed E-state index contributed by atoms with van der Waals surface area (Å²) in [6.07, 6.45) is 2.81. The molecule has 1 saturated carbocycles. The Kier molecular flexibility index (Phi) is 4.84. The molecule has 1 aromatic heterocycles. The van der Waals surface area contributed by atoms with Gasteiger partial charge in [-0.1, -0.05) is 43.2 Å². The van der Waals surface area contributed by atoms with Crippen LogP contribution < -0.4 is 16.4 Å². The number of fused-ring (bicyclic) bond motifs is 1. The van der Waals surface area contributed by atoms with Crippen LogP contribution in [0, 0.1) is 5.82 Å². The molecule has 3 N–H and O–H groups in total. The first-order valence-corrected chi connectivity index (χ1v) is 9.35. The van der Waals surface area contributed by atoms with Crippen molar-refractivity contribution in [1.29, 1.82) is 0 Å². The van der Waals surface area contributed by atoms with Crippen LogP contribution in [-0.2, 0) is 10.2 Å². The number of nitrogens with one attached hydrogen (secondary N) is 3. The molecule has 0 aliphatic heterocycles. The lowest BCUT2D eigenvalue weighted by Crippen LogP contribution is -2.50. The molecule has 3 aromatic rings. The molecule has 1 aliphatic rings. The summed E-state index contributed by atoms with van der Waals surface area (Å²) in [5.74, 6) is -1.46. The molecule has 2 amide bonds. The fourth-order valence-electron chi connectivity index (χ4n) is 3.99.